The lowest BCUT2D eigenvalue weighted by Crippen LogP contribution is -2.51. The summed E-state index contributed by atoms with van der Waals surface area (Å²) < 4.78 is 43.0. The van der Waals surface area contributed by atoms with E-state index >= 15 is 0 Å². The normalized spacial score (nSPS) is 19.3. The third kappa shape index (κ3) is 4.53. The van der Waals surface area contributed by atoms with Gasteiger partial charge in [-0.3, -0.25) is 4.79 Å². The number of fused-ring (bicyclic) bond motifs is 1. The summed E-state index contributed by atoms with van der Waals surface area (Å²) in [5.41, 5.74) is 0.593. The predicted molar refractivity (Wildman–Crippen MR) is 120 cm³/mol. The lowest BCUT2D eigenvalue weighted by molar-refractivity contribution is -0.148. The van der Waals surface area contributed by atoms with E-state index in [4.69, 9.17) is 14.2 Å². The van der Waals surface area contributed by atoms with E-state index in [-0.39, 0.29) is 36.4 Å². The molecule has 4 rings (SSSR count). The van der Waals surface area contributed by atoms with Crippen LogP contribution in [0.4, 0.5) is 5.69 Å². The molecule has 2 heterocycles. The second kappa shape index (κ2) is 9.40. The van der Waals surface area contributed by atoms with Gasteiger partial charge in [-0.05, 0) is 49.2 Å². The van der Waals surface area contributed by atoms with E-state index in [2.05, 4.69) is 0 Å². The Balaban J connectivity index is 1.47. The summed E-state index contributed by atoms with van der Waals surface area (Å²) in [6, 6.07) is 13.3. The van der Waals surface area contributed by atoms with Crippen molar-refractivity contribution >= 4 is 27.6 Å². The molecule has 0 unspecified atom stereocenters. The van der Waals surface area contributed by atoms with Gasteiger partial charge in [-0.15, -0.1) is 0 Å². The number of carbonyl (C=O) groups is 2. The summed E-state index contributed by atoms with van der Waals surface area (Å²) in [5, 5.41) is 0. The van der Waals surface area contributed by atoms with Crippen LogP contribution in [0, 0.1) is 5.92 Å². The lowest BCUT2D eigenvalue weighted by atomic mass is 9.95. The maximum atomic E-state index is 13.4. The molecular weight excluding hydrogens is 448 g/mol. The average molecular weight is 475 g/mol. The monoisotopic (exact) mass is 474 g/mol. The highest BCUT2D eigenvalue weighted by molar-refractivity contribution is 7.89. The van der Waals surface area contributed by atoms with Gasteiger partial charge in [0.15, 0.2) is 0 Å². The van der Waals surface area contributed by atoms with Crippen molar-refractivity contribution in [2.24, 2.45) is 5.92 Å². The quantitative estimate of drug-likeness (QED) is 0.611. The van der Waals surface area contributed by atoms with E-state index in [1.54, 1.807) is 41.3 Å². The van der Waals surface area contributed by atoms with Gasteiger partial charge in [0, 0.05) is 19.0 Å². The fraction of sp³-hybridized carbons (Fsp3) is 0.391. The molecule has 33 heavy (non-hydrogen) atoms. The van der Waals surface area contributed by atoms with Gasteiger partial charge in [0.1, 0.15) is 11.5 Å². The first-order chi connectivity index (χ1) is 15.8. The van der Waals surface area contributed by atoms with Gasteiger partial charge < -0.3 is 19.1 Å². The molecule has 0 bridgehead atoms. The van der Waals surface area contributed by atoms with Crippen molar-refractivity contribution in [3.8, 4) is 11.5 Å². The van der Waals surface area contributed by atoms with Crippen LogP contribution in [-0.4, -0.2) is 64.6 Å². The van der Waals surface area contributed by atoms with Gasteiger partial charge in [0.25, 0.3) is 0 Å². The second-order valence-electron chi connectivity index (χ2n) is 7.90. The molecule has 2 aliphatic rings. The van der Waals surface area contributed by atoms with Crippen molar-refractivity contribution in [3.63, 3.8) is 0 Å². The standard InChI is InChI=1S/C23H26N2O7S/c1-30-17-7-9-18(10-8-17)33(28,29)24-13-11-16(12-14-24)22(26)25-15-21(23(27)31-2)32-20-6-4-3-5-19(20)25/h3-10,16,21H,11-15H2,1-2H3/t21-/m1/s1. The largest absolute Gasteiger partial charge is 0.497 e. The molecule has 0 saturated carbocycles. The Morgan fingerprint density at radius 2 is 1.67 bits per heavy atom. The molecule has 2 aliphatic heterocycles. The number of rotatable bonds is 5. The summed E-state index contributed by atoms with van der Waals surface area (Å²) in [4.78, 5) is 27.2. The minimum atomic E-state index is -3.66. The number of piperidine rings is 1. The molecule has 176 valence electrons. The molecule has 1 atom stereocenters. The number of nitrogens with zero attached hydrogens (tertiary/aromatic N) is 2. The van der Waals surface area contributed by atoms with Crippen LogP contribution in [0.5, 0.6) is 11.5 Å². The number of methoxy groups -OCH3 is 2. The van der Waals surface area contributed by atoms with Gasteiger partial charge in [-0.2, -0.15) is 4.31 Å². The highest BCUT2D eigenvalue weighted by Crippen LogP contribution is 2.36. The van der Waals surface area contributed by atoms with Crippen molar-refractivity contribution in [3.05, 3.63) is 48.5 Å². The first kappa shape index (κ1) is 23.1. The lowest BCUT2D eigenvalue weighted by Gasteiger charge is -2.37. The third-order valence-corrected chi connectivity index (χ3v) is 7.92. The number of sulfonamides is 1. The van der Waals surface area contributed by atoms with Crippen LogP contribution in [-0.2, 0) is 24.3 Å². The minimum absolute atomic E-state index is 0.0485. The van der Waals surface area contributed by atoms with Crippen molar-refractivity contribution in [1.82, 2.24) is 4.31 Å². The number of para-hydroxylation sites is 2. The van der Waals surface area contributed by atoms with E-state index in [0.29, 0.717) is 30.0 Å². The van der Waals surface area contributed by atoms with Gasteiger partial charge in [0.2, 0.25) is 22.0 Å². The van der Waals surface area contributed by atoms with Crippen LogP contribution in [0.1, 0.15) is 12.8 Å². The molecule has 0 aliphatic carbocycles. The van der Waals surface area contributed by atoms with Crippen LogP contribution in [0.15, 0.2) is 53.4 Å². The van der Waals surface area contributed by atoms with Crippen LogP contribution in [0.25, 0.3) is 0 Å². The fourth-order valence-electron chi connectivity index (χ4n) is 4.16. The zero-order chi connectivity index (χ0) is 23.6. The number of carbonyl (C=O) groups excluding carboxylic acids is 2. The Bertz CT molecular complexity index is 1130. The molecule has 0 N–H and O–H groups in total. The molecular formula is C23H26N2O7S. The molecule has 2 aromatic rings. The van der Waals surface area contributed by atoms with E-state index < -0.39 is 22.1 Å². The highest BCUT2D eigenvalue weighted by atomic mass is 32.2. The van der Waals surface area contributed by atoms with Crippen molar-refractivity contribution in [2.45, 2.75) is 23.8 Å². The number of hydrogen-bond acceptors (Lipinski definition) is 7. The molecule has 1 saturated heterocycles. The number of esters is 1. The predicted octanol–water partition coefficient (Wildman–Crippen LogP) is 2.06. The topological polar surface area (TPSA) is 102 Å². The first-order valence-electron chi connectivity index (χ1n) is 10.6. The number of benzene rings is 2. The van der Waals surface area contributed by atoms with Crippen molar-refractivity contribution < 1.29 is 32.2 Å². The van der Waals surface area contributed by atoms with Crippen LogP contribution < -0.4 is 14.4 Å². The van der Waals surface area contributed by atoms with Gasteiger partial charge in [0.05, 0.1) is 31.3 Å². The molecule has 1 amide bonds. The number of amides is 1. The zero-order valence-electron chi connectivity index (χ0n) is 18.5. The molecule has 0 spiro atoms. The van der Waals surface area contributed by atoms with Gasteiger partial charge >= 0.3 is 5.97 Å². The Kier molecular flexibility index (Phi) is 6.57. The van der Waals surface area contributed by atoms with E-state index in [1.165, 1.54) is 30.7 Å². The fourth-order valence-corrected chi connectivity index (χ4v) is 5.63. The molecule has 9 nitrogen and oxygen atoms in total. The van der Waals surface area contributed by atoms with Crippen molar-refractivity contribution in [2.75, 3.05) is 38.8 Å². The number of hydrogen-bond donors (Lipinski definition) is 0. The molecule has 0 aromatic heterocycles. The highest BCUT2D eigenvalue weighted by Gasteiger charge is 2.39. The van der Waals surface area contributed by atoms with E-state index in [0.717, 1.165) is 0 Å². The van der Waals surface area contributed by atoms with E-state index in [9.17, 15) is 18.0 Å². The summed E-state index contributed by atoms with van der Waals surface area (Å²) in [6.45, 7) is 0.515. The Morgan fingerprint density at radius 1 is 1.00 bits per heavy atom. The van der Waals surface area contributed by atoms with Crippen LogP contribution in [0.3, 0.4) is 0 Å². The summed E-state index contributed by atoms with van der Waals surface area (Å²) >= 11 is 0. The summed E-state index contributed by atoms with van der Waals surface area (Å²) in [5.74, 6) is -0.0537. The van der Waals surface area contributed by atoms with Gasteiger partial charge in [-0.1, -0.05) is 12.1 Å². The van der Waals surface area contributed by atoms with E-state index in [1.807, 2.05) is 0 Å². The van der Waals surface area contributed by atoms with Crippen LogP contribution in [0.2, 0.25) is 0 Å². The maximum Gasteiger partial charge on any atom is 0.348 e. The minimum Gasteiger partial charge on any atom is -0.497 e. The summed E-state index contributed by atoms with van der Waals surface area (Å²) in [7, 11) is -0.867. The smallest absolute Gasteiger partial charge is 0.348 e. The summed E-state index contributed by atoms with van der Waals surface area (Å²) in [6.07, 6.45) is -0.142. The average Bonchev–Trinajstić information content (AvgIpc) is 2.87. The maximum absolute atomic E-state index is 13.4. The Hall–Kier alpha value is -3.11. The Morgan fingerprint density at radius 3 is 2.30 bits per heavy atom. The molecule has 2 aromatic carbocycles. The molecule has 0 radical (unpaired) electrons. The van der Waals surface area contributed by atoms with Crippen LogP contribution >= 0.6 is 0 Å². The van der Waals surface area contributed by atoms with Gasteiger partial charge in [-0.25, -0.2) is 13.2 Å². The SMILES string of the molecule is COC(=O)[C@H]1CN(C(=O)C2CCN(S(=O)(=O)c3ccc(OC)cc3)CC2)c2ccccc2O1. The Labute approximate surface area is 192 Å². The number of anilines is 1. The third-order valence-electron chi connectivity index (χ3n) is 6.00. The second-order valence-corrected chi connectivity index (χ2v) is 9.84. The number of ether oxygens (including phenoxy) is 3. The molecule has 1 fully saturated rings. The molecule has 10 heteroatoms. The first-order valence-corrected chi connectivity index (χ1v) is 12.1. The van der Waals surface area contributed by atoms with Crippen molar-refractivity contribution in [1.29, 1.82) is 0 Å². The zero-order valence-corrected chi connectivity index (χ0v) is 19.3.